The number of aryl methyl sites for hydroxylation is 1. The van der Waals surface area contributed by atoms with Gasteiger partial charge in [-0.25, -0.2) is 4.68 Å². The number of tetrazole rings is 1. The van der Waals surface area contributed by atoms with Crippen LogP contribution < -0.4 is 4.90 Å². The number of benzene rings is 1. The summed E-state index contributed by atoms with van der Waals surface area (Å²) >= 11 is 0. The molecule has 6 heteroatoms. The van der Waals surface area contributed by atoms with Crippen LogP contribution in [-0.4, -0.2) is 31.7 Å². The van der Waals surface area contributed by atoms with E-state index < -0.39 is 0 Å². The van der Waals surface area contributed by atoms with Gasteiger partial charge < -0.3 is 4.90 Å². The van der Waals surface area contributed by atoms with Crippen molar-refractivity contribution in [3.8, 4) is 0 Å². The van der Waals surface area contributed by atoms with Crippen molar-refractivity contribution in [2.24, 2.45) is 0 Å². The summed E-state index contributed by atoms with van der Waals surface area (Å²) in [6.07, 6.45) is 6.91. The van der Waals surface area contributed by atoms with Crippen molar-refractivity contribution in [2.75, 3.05) is 11.4 Å². The van der Waals surface area contributed by atoms with Crippen molar-refractivity contribution < 1.29 is 0 Å². The average Bonchev–Trinajstić information content (AvgIpc) is 3.20. The third-order valence-electron chi connectivity index (χ3n) is 5.63. The minimum Gasteiger partial charge on any atom is -0.357 e. The summed E-state index contributed by atoms with van der Waals surface area (Å²) in [6, 6.07) is 12.7. The third kappa shape index (κ3) is 3.20. The molecule has 0 saturated heterocycles. The molecule has 1 atom stereocenters. The Morgan fingerprint density at radius 1 is 1.15 bits per heavy atom. The molecule has 0 spiro atoms. The van der Waals surface area contributed by atoms with Gasteiger partial charge in [-0.3, -0.25) is 4.98 Å². The maximum absolute atomic E-state index is 4.49. The van der Waals surface area contributed by atoms with Crippen LogP contribution in [0.4, 0.5) is 5.69 Å². The Morgan fingerprint density at radius 2 is 2.00 bits per heavy atom. The van der Waals surface area contributed by atoms with Gasteiger partial charge in [-0.2, -0.15) is 0 Å². The van der Waals surface area contributed by atoms with Crippen molar-refractivity contribution in [1.29, 1.82) is 0 Å². The second kappa shape index (κ2) is 7.10. The number of nitrogens with zero attached hydrogens (tertiary/aromatic N) is 6. The highest BCUT2D eigenvalue weighted by atomic mass is 15.6. The molecule has 6 nitrogen and oxygen atoms in total. The summed E-state index contributed by atoms with van der Waals surface area (Å²) in [7, 11) is 0. The molecule has 0 unspecified atom stereocenters. The minimum absolute atomic E-state index is 0.0685. The Hall–Kier alpha value is -2.76. The van der Waals surface area contributed by atoms with Crippen LogP contribution in [0, 0.1) is 0 Å². The number of hydrogen-bond acceptors (Lipinski definition) is 5. The third-order valence-corrected chi connectivity index (χ3v) is 5.63. The molecule has 1 aromatic carbocycles. The fourth-order valence-electron chi connectivity index (χ4n) is 3.78. The van der Waals surface area contributed by atoms with E-state index in [-0.39, 0.29) is 11.6 Å². The van der Waals surface area contributed by atoms with Gasteiger partial charge in [0, 0.05) is 30.2 Å². The van der Waals surface area contributed by atoms with Crippen LogP contribution in [0.15, 0.2) is 48.8 Å². The van der Waals surface area contributed by atoms with Crippen molar-refractivity contribution in [3.63, 3.8) is 0 Å². The highest BCUT2D eigenvalue weighted by molar-refractivity contribution is 5.58. The van der Waals surface area contributed by atoms with Crippen molar-refractivity contribution in [2.45, 2.75) is 51.6 Å². The summed E-state index contributed by atoms with van der Waals surface area (Å²) in [6.45, 7) is 7.49. The first-order valence-electron chi connectivity index (χ1n) is 9.65. The normalized spacial score (nSPS) is 15.4. The molecule has 3 aromatic rings. The molecule has 3 heterocycles. The molecule has 0 N–H and O–H groups in total. The lowest BCUT2D eigenvalue weighted by atomic mass is 9.96. The van der Waals surface area contributed by atoms with Gasteiger partial charge in [0.2, 0.25) is 0 Å². The molecule has 27 heavy (non-hydrogen) atoms. The van der Waals surface area contributed by atoms with E-state index in [2.05, 4.69) is 76.5 Å². The Morgan fingerprint density at radius 3 is 2.78 bits per heavy atom. The minimum atomic E-state index is -0.158. The molecule has 0 aliphatic carbocycles. The number of anilines is 1. The largest absolute Gasteiger partial charge is 0.357 e. The maximum Gasteiger partial charge on any atom is 0.179 e. The zero-order valence-corrected chi connectivity index (χ0v) is 16.2. The Balaban J connectivity index is 1.88. The number of fused-ring (bicyclic) bond motifs is 1. The Kier molecular flexibility index (Phi) is 4.64. The lowest BCUT2D eigenvalue weighted by Crippen LogP contribution is -2.38. The molecule has 2 aromatic heterocycles. The molecule has 0 amide bonds. The quantitative estimate of drug-likeness (QED) is 0.692. The SMILES string of the molecule is CCC(C)(C)n1nnnc1[C@H](c1cccnc1)N1CCCc2ccccc21. The average molecular weight is 362 g/mol. The van der Waals surface area contributed by atoms with E-state index in [1.54, 1.807) is 0 Å². The summed E-state index contributed by atoms with van der Waals surface area (Å²) < 4.78 is 1.99. The monoisotopic (exact) mass is 362 g/mol. The first kappa shape index (κ1) is 17.6. The highest BCUT2D eigenvalue weighted by Crippen LogP contribution is 2.37. The van der Waals surface area contributed by atoms with Gasteiger partial charge in [0.05, 0.1) is 5.54 Å². The number of aromatic nitrogens is 5. The lowest BCUT2D eigenvalue weighted by Gasteiger charge is -2.38. The van der Waals surface area contributed by atoms with Gasteiger partial charge in [0.25, 0.3) is 0 Å². The molecule has 0 fully saturated rings. The van der Waals surface area contributed by atoms with E-state index in [0.717, 1.165) is 37.2 Å². The van der Waals surface area contributed by atoms with E-state index in [1.807, 2.05) is 23.1 Å². The number of hydrogen-bond donors (Lipinski definition) is 0. The van der Waals surface area contributed by atoms with Crippen LogP contribution in [0.3, 0.4) is 0 Å². The highest BCUT2D eigenvalue weighted by Gasteiger charge is 2.34. The summed E-state index contributed by atoms with van der Waals surface area (Å²) in [5.41, 5.74) is 3.60. The number of pyridine rings is 1. The van der Waals surface area contributed by atoms with Crippen LogP contribution in [0.25, 0.3) is 0 Å². The topological polar surface area (TPSA) is 59.7 Å². The van der Waals surface area contributed by atoms with E-state index in [9.17, 15) is 0 Å². The van der Waals surface area contributed by atoms with E-state index >= 15 is 0 Å². The Bertz CT molecular complexity index is 902. The molecule has 140 valence electrons. The first-order chi connectivity index (χ1) is 13.1. The zero-order valence-electron chi connectivity index (χ0n) is 16.2. The molecule has 1 aliphatic rings. The van der Waals surface area contributed by atoms with Gasteiger partial charge >= 0.3 is 0 Å². The summed E-state index contributed by atoms with van der Waals surface area (Å²) in [5, 5.41) is 12.9. The number of rotatable bonds is 5. The predicted molar refractivity (Wildman–Crippen MR) is 106 cm³/mol. The van der Waals surface area contributed by atoms with Crippen LogP contribution in [0.2, 0.25) is 0 Å². The smallest absolute Gasteiger partial charge is 0.179 e. The molecule has 1 aliphatic heterocycles. The van der Waals surface area contributed by atoms with Crippen LogP contribution in [-0.2, 0) is 12.0 Å². The fraction of sp³-hybridized carbons (Fsp3) is 0.429. The van der Waals surface area contributed by atoms with Crippen molar-refractivity contribution in [3.05, 3.63) is 65.7 Å². The molecular formula is C21H26N6. The van der Waals surface area contributed by atoms with Crippen LogP contribution in [0.1, 0.15) is 56.6 Å². The van der Waals surface area contributed by atoms with Gasteiger partial charge in [-0.05, 0) is 61.2 Å². The molecular weight excluding hydrogens is 336 g/mol. The van der Waals surface area contributed by atoms with Gasteiger partial charge in [-0.15, -0.1) is 5.10 Å². The van der Waals surface area contributed by atoms with E-state index in [1.165, 1.54) is 11.3 Å². The predicted octanol–water partition coefficient (Wildman–Crippen LogP) is 3.76. The molecule has 0 radical (unpaired) electrons. The summed E-state index contributed by atoms with van der Waals surface area (Å²) in [5.74, 6) is 0.867. The first-order valence-corrected chi connectivity index (χ1v) is 9.65. The number of para-hydroxylation sites is 1. The van der Waals surface area contributed by atoms with E-state index in [0.29, 0.717) is 0 Å². The van der Waals surface area contributed by atoms with E-state index in [4.69, 9.17) is 0 Å². The van der Waals surface area contributed by atoms with Gasteiger partial charge in [0.1, 0.15) is 6.04 Å². The van der Waals surface area contributed by atoms with Gasteiger partial charge in [0.15, 0.2) is 5.82 Å². The summed E-state index contributed by atoms with van der Waals surface area (Å²) in [4.78, 5) is 6.81. The molecule has 4 rings (SSSR count). The standard InChI is InChI=1S/C21H26N6/c1-4-21(2,3)27-20(23-24-25-27)19(17-10-7-13-22-15-17)26-14-8-11-16-9-5-6-12-18(16)26/h5-7,9-10,12-13,15,19H,4,8,11,14H2,1-3H3/t19-/m0/s1. The molecule has 0 bridgehead atoms. The lowest BCUT2D eigenvalue weighted by molar-refractivity contribution is 0.287. The molecule has 0 saturated carbocycles. The van der Waals surface area contributed by atoms with Crippen LogP contribution in [0.5, 0.6) is 0 Å². The Labute approximate surface area is 160 Å². The second-order valence-electron chi connectivity index (χ2n) is 7.73. The zero-order chi connectivity index (χ0) is 18.9. The van der Waals surface area contributed by atoms with Gasteiger partial charge in [-0.1, -0.05) is 31.2 Å². The van der Waals surface area contributed by atoms with Crippen molar-refractivity contribution >= 4 is 5.69 Å². The van der Waals surface area contributed by atoms with Crippen molar-refractivity contribution in [1.82, 2.24) is 25.2 Å². The fourth-order valence-corrected chi connectivity index (χ4v) is 3.78. The second-order valence-corrected chi connectivity index (χ2v) is 7.73. The van der Waals surface area contributed by atoms with Crippen LogP contribution >= 0.6 is 0 Å². The maximum atomic E-state index is 4.49.